The molecule has 0 heterocycles. The Balaban J connectivity index is 2.08. The molecule has 21 heavy (non-hydrogen) atoms. The van der Waals surface area contributed by atoms with Gasteiger partial charge in [-0.1, -0.05) is 30.2 Å². The molecule has 116 valence electrons. The van der Waals surface area contributed by atoms with E-state index in [-0.39, 0.29) is 17.0 Å². The molecule has 0 saturated heterocycles. The average Bonchev–Trinajstić information content (AvgIpc) is 2.42. The lowest BCUT2D eigenvalue weighted by molar-refractivity contribution is -0.123. The van der Waals surface area contributed by atoms with E-state index in [0.717, 1.165) is 29.5 Å². The SMILES string of the molecule is Cc1ccc(C)c(CC(=O)C2CCCC(S(C)(=O)=O)C2)c1. The number of Topliss-reactive ketones (excluding diaryl/α,β-unsaturated/α-hetero) is 1. The van der Waals surface area contributed by atoms with Crippen LogP contribution in [0.3, 0.4) is 0 Å². The third kappa shape index (κ3) is 4.16. The summed E-state index contributed by atoms with van der Waals surface area (Å²) in [7, 11) is -3.03. The maximum absolute atomic E-state index is 12.5. The maximum atomic E-state index is 12.5. The van der Waals surface area contributed by atoms with Crippen molar-refractivity contribution in [3.63, 3.8) is 0 Å². The van der Waals surface area contributed by atoms with Gasteiger partial charge < -0.3 is 0 Å². The molecule has 2 atom stereocenters. The normalized spacial score (nSPS) is 23.0. The summed E-state index contributed by atoms with van der Waals surface area (Å²) in [5, 5.41) is -0.334. The molecule has 0 amide bonds. The Bertz CT molecular complexity index is 631. The molecular formula is C17H24O3S. The van der Waals surface area contributed by atoms with Crippen molar-refractivity contribution in [1.29, 1.82) is 0 Å². The Kier molecular flexibility index (Phi) is 4.87. The van der Waals surface area contributed by atoms with E-state index in [1.807, 2.05) is 26.0 Å². The van der Waals surface area contributed by atoms with Crippen molar-refractivity contribution in [2.75, 3.05) is 6.26 Å². The van der Waals surface area contributed by atoms with Gasteiger partial charge in [0.2, 0.25) is 0 Å². The molecule has 1 aromatic carbocycles. The molecule has 0 N–H and O–H groups in total. The number of rotatable bonds is 4. The van der Waals surface area contributed by atoms with Gasteiger partial charge in [-0.25, -0.2) is 8.42 Å². The maximum Gasteiger partial charge on any atom is 0.150 e. The zero-order chi connectivity index (χ0) is 15.6. The van der Waals surface area contributed by atoms with Crippen LogP contribution in [0.4, 0.5) is 0 Å². The number of hydrogen-bond donors (Lipinski definition) is 0. The molecule has 1 aliphatic rings. The van der Waals surface area contributed by atoms with Crippen LogP contribution in [0.2, 0.25) is 0 Å². The van der Waals surface area contributed by atoms with E-state index < -0.39 is 9.84 Å². The second kappa shape index (κ2) is 6.30. The number of carbonyl (C=O) groups excluding carboxylic acids is 1. The average molecular weight is 308 g/mol. The van der Waals surface area contributed by atoms with Crippen molar-refractivity contribution < 1.29 is 13.2 Å². The highest BCUT2D eigenvalue weighted by Crippen LogP contribution is 2.30. The molecule has 0 bridgehead atoms. The minimum atomic E-state index is -3.03. The molecule has 0 aromatic heterocycles. The number of ketones is 1. The number of benzene rings is 1. The van der Waals surface area contributed by atoms with E-state index >= 15 is 0 Å². The summed E-state index contributed by atoms with van der Waals surface area (Å²) in [6, 6.07) is 6.14. The summed E-state index contributed by atoms with van der Waals surface area (Å²) in [5.74, 6) is 0.0930. The summed E-state index contributed by atoms with van der Waals surface area (Å²) < 4.78 is 23.4. The van der Waals surface area contributed by atoms with Gasteiger partial charge >= 0.3 is 0 Å². The molecule has 3 nitrogen and oxygen atoms in total. The topological polar surface area (TPSA) is 51.2 Å². The molecule has 1 saturated carbocycles. The summed E-state index contributed by atoms with van der Waals surface area (Å²) in [6.07, 6.45) is 4.58. The first-order valence-corrected chi connectivity index (χ1v) is 9.50. The molecule has 0 aliphatic heterocycles. The molecular weight excluding hydrogens is 284 g/mol. The first kappa shape index (κ1) is 16.2. The standard InChI is InChI=1S/C17H24O3S/c1-12-7-8-13(2)15(9-12)11-17(18)14-5-4-6-16(10-14)21(3,19)20/h7-9,14,16H,4-6,10-11H2,1-3H3. The molecule has 2 rings (SSSR count). The number of hydrogen-bond acceptors (Lipinski definition) is 3. The van der Waals surface area contributed by atoms with E-state index in [4.69, 9.17) is 0 Å². The highest BCUT2D eigenvalue weighted by Gasteiger charge is 2.32. The molecule has 1 aromatic rings. The fraction of sp³-hybridized carbons (Fsp3) is 0.588. The lowest BCUT2D eigenvalue weighted by atomic mass is 9.83. The van der Waals surface area contributed by atoms with Crippen LogP contribution in [0.5, 0.6) is 0 Å². The third-order valence-corrected chi connectivity index (χ3v) is 6.20. The molecule has 1 fully saturated rings. The predicted molar refractivity (Wildman–Crippen MR) is 85.2 cm³/mol. The first-order chi connectivity index (χ1) is 9.77. The minimum absolute atomic E-state index is 0.0987. The van der Waals surface area contributed by atoms with Crippen molar-refractivity contribution in [2.45, 2.75) is 51.2 Å². The smallest absolute Gasteiger partial charge is 0.150 e. The third-order valence-electron chi connectivity index (χ3n) is 4.56. The summed E-state index contributed by atoms with van der Waals surface area (Å²) in [6.45, 7) is 4.04. The van der Waals surface area contributed by atoms with E-state index in [9.17, 15) is 13.2 Å². The number of aryl methyl sites for hydroxylation is 2. The van der Waals surface area contributed by atoms with Gasteiger partial charge in [-0.15, -0.1) is 0 Å². The van der Waals surface area contributed by atoms with Crippen molar-refractivity contribution in [3.8, 4) is 0 Å². The van der Waals surface area contributed by atoms with Crippen LogP contribution in [0.15, 0.2) is 18.2 Å². The molecule has 2 unspecified atom stereocenters. The van der Waals surface area contributed by atoms with Crippen molar-refractivity contribution in [3.05, 3.63) is 34.9 Å². The fourth-order valence-corrected chi connectivity index (χ4v) is 4.33. The number of sulfone groups is 1. The van der Waals surface area contributed by atoms with E-state index in [0.29, 0.717) is 19.3 Å². The monoisotopic (exact) mass is 308 g/mol. The second-order valence-corrected chi connectivity index (χ2v) is 8.71. The van der Waals surface area contributed by atoms with E-state index in [1.54, 1.807) is 0 Å². The minimum Gasteiger partial charge on any atom is -0.299 e. The van der Waals surface area contributed by atoms with Gasteiger partial charge in [-0.05, 0) is 44.2 Å². The van der Waals surface area contributed by atoms with E-state index in [1.165, 1.54) is 6.26 Å². The van der Waals surface area contributed by atoms with Crippen LogP contribution in [0, 0.1) is 19.8 Å². The Labute approximate surface area is 127 Å². The lowest BCUT2D eigenvalue weighted by Gasteiger charge is -2.27. The zero-order valence-electron chi connectivity index (χ0n) is 13.1. The zero-order valence-corrected chi connectivity index (χ0v) is 13.9. The van der Waals surface area contributed by atoms with Gasteiger partial charge in [0.1, 0.15) is 15.6 Å². The first-order valence-electron chi connectivity index (χ1n) is 7.55. The van der Waals surface area contributed by atoms with Crippen LogP contribution in [-0.4, -0.2) is 25.7 Å². The van der Waals surface area contributed by atoms with Gasteiger partial charge in [0, 0.05) is 18.6 Å². The van der Waals surface area contributed by atoms with E-state index in [2.05, 4.69) is 6.07 Å². The van der Waals surface area contributed by atoms with Crippen LogP contribution >= 0.6 is 0 Å². The van der Waals surface area contributed by atoms with Crippen LogP contribution in [0.1, 0.15) is 42.4 Å². The summed E-state index contributed by atoms with van der Waals surface area (Å²) in [5.41, 5.74) is 3.35. The molecule has 1 aliphatic carbocycles. The van der Waals surface area contributed by atoms with Gasteiger partial charge in [0.25, 0.3) is 0 Å². The Morgan fingerprint density at radius 1 is 1.24 bits per heavy atom. The van der Waals surface area contributed by atoms with Gasteiger partial charge in [0.05, 0.1) is 5.25 Å². The van der Waals surface area contributed by atoms with Crippen LogP contribution in [0.25, 0.3) is 0 Å². The number of carbonyl (C=O) groups is 1. The fourth-order valence-electron chi connectivity index (χ4n) is 3.15. The summed E-state index contributed by atoms with van der Waals surface area (Å²) in [4.78, 5) is 12.5. The quantitative estimate of drug-likeness (QED) is 0.859. The van der Waals surface area contributed by atoms with Crippen LogP contribution in [-0.2, 0) is 21.1 Å². The second-order valence-electron chi connectivity index (χ2n) is 6.39. The van der Waals surface area contributed by atoms with Crippen molar-refractivity contribution in [2.24, 2.45) is 5.92 Å². The van der Waals surface area contributed by atoms with Gasteiger partial charge in [-0.2, -0.15) is 0 Å². The largest absolute Gasteiger partial charge is 0.299 e. The predicted octanol–water partition coefficient (Wildman–Crippen LogP) is 3.02. The Morgan fingerprint density at radius 3 is 2.62 bits per heavy atom. The molecule has 4 heteroatoms. The molecule has 0 radical (unpaired) electrons. The Hall–Kier alpha value is -1.16. The van der Waals surface area contributed by atoms with Crippen molar-refractivity contribution in [1.82, 2.24) is 0 Å². The lowest BCUT2D eigenvalue weighted by Crippen LogP contribution is -2.31. The van der Waals surface area contributed by atoms with Crippen molar-refractivity contribution >= 4 is 15.6 Å². The highest BCUT2D eigenvalue weighted by atomic mass is 32.2. The van der Waals surface area contributed by atoms with Gasteiger partial charge in [0.15, 0.2) is 0 Å². The molecule has 0 spiro atoms. The van der Waals surface area contributed by atoms with Crippen LogP contribution < -0.4 is 0 Å². The summed E-state index contributed by atoms with van der Waals surface area (Å²) >= 11 is 0. The highest BCUT2D eigenvalue weighted by molar-refractivity contribution is 7.91. The Morgan fingerprint density at radius 2 is 1.95 bits per heavy atom. The van der Waals surface area contributed by atoms with Gasteiger partial charge in [-0.3, -0.25) is 4.79 Å².